The molecular weight excluding hydrogens is 475 g/mol. The number of thioether (sulfide) groups is 1. The molecule has 1 aliphatic heterocycles. The van der Waals surface area contributed by atoms with Crippen LogP contribution in [0.1, 0.15) is 35.6 Å². The highest BCUT2D eigenvalue weighted by Crippen LogP contribution is 2.43. The Hall–Kier alpha value is -3.20. The van der Waals surface area contributed by atoms with Crippen LogP contribution in [0.15, 0.2) is 77.8 Å². The van der Waals surface area contributed by atoms with E-state index in [-0.39, 0.29) is 36.7 Å². The van der Waals surface area contributed by atoms with Gasteiger partial charge in [-0.05, 0) is 29.5 Å². The first-order valence-corrected chi connectivity index (χ1v) is 12.3. The number of ether oxygens (including phenoxy) is 1. The van der Waals surface area contributed by atoms with Gasteiger partial charge in [-0.2, -0.15) is 0 Å². The summed E-state index contributed by atoms with van der Waals surface area (Å²) in [6, 6.07) is 19.3. The number of benzene rings is 2. The molecule has 2 amide bonds. The molecule has 1 aliphatic rings. The van der Waals surface area contributed by atoms with Gasteiger partial charge in [0.25, 0.3) is 0 Å². The maximum absolute atomic E-state index is 13.1. The number of carbonyl (C=O) groups excluding carboxylic acids is 1. The van der Waals surface area contributed by atoms with Crippen molar-refractivity contribution in [3.8, 4) is 5.75 Å². The fraction of sp³-hybridized carbons (Fsp3) is 0.308. The Labute approximate surface area is 206 Å². The number of nitrogens with one attached hydrogen (secondary N) is 1. The van der Waals surface area contributed by atoms with E-state index >= 15 is 0 Å². The zero-order valence-electron chi connectivity index (χ0n) is 19.2. The first-order valence-electron chi connectivity index (χ1n) is 11.3. The van der Waals surface area contributed by atoms with Crippen LogP contribution in [-0.4, -0.2) is 41.1 Å². The lowest BCUT2D eigenvalue weighted by Crippen LogP contribution is -2.38. The Bertz CT molecular complexity index is 1130. The number of pyridine rings is 1. The second kappa shape index (κ2) is 11.0. The normalized spacial score (nSPS) is 17.9. The number of nitrogens with zero attached hydrogens (tertiary/aromatic N) is 2. The van der Waals surface area contributed by atoms with Gasteiger partial charge in [-0.25, -0.2) is 4.79 Å². The van der Waals surface area contributed by atoms with Crippen molar-refractivity contribution in [2.45, 2.75) is 36.6 Å². The molecule has 2 aromatic carbocycles. The molecule has 0 aliphatic carbocycles. The van der Waals surface area contributed by atoms with Crippen LogP contribution in [0.4, 0.5) is 18.0 Å². The number of halogens is 3. The van der Waals surface area contributed by atoms with Crippen molar-refractivity contribution in [1.29, 1.82) is 0 Å². The van der Waals surface area contributed by atoms with Crippen molar-refractivity contribution < 1.29 is 22.7 Å². The molecule has 0 radical (unpaired) electrons. The van der Waals surface area contributed by atoms with Crippen molar-refractivity contribution in [3.05, 3.63) is 89.7 Å². The maximum atomic E-state index is 13.1. The second-order valence-corrected chi connectivity index (χ2v) is 9.53. The maximum Gasteiger partial charge on any atom is 0.573 e. The Morgan fingerprint density at radius 3 is 2.46 bits per heavy atom. The van der Waals surface area contributed by atoms with E-state index < -0.39 is 6.36 Å². The van der Waals surface area contributed by atoms with E-state index in [9.17, 15) is 18.0 Å². The molecule has 2 unspecified atom stereocenters. The molecule has 3 aromatic rings. The highest BCUT2D eigenvalue weighted by molar-refractivity contribution is 7.99. The number of hydrogen-bond acceptors (Lipinski definition) is 4. The molecule has 4 rings (SSSR count). The highest BCUT2D eigenvalue weighted by atomic mass is 32.2. The number of likely N-dealkylation sites (tertiary alicyclic amines) is 1. The van der Waals surface area contributed by atoms with E-state index in [4.69, 9.17) is 0 Å². The zero-order chi connectivity index (χ0) is 24.8. The van der Waals surface area contributed by atoms with Gasteiger partial charge in [0.15, 0.2) is 0 Å². The number of urea groups is 1. The SMILES string of the molecule is CCSc1ccc(CNC(=O)N2CC(c3ccccc3)C(c3ccccc3OC(F)(F)F)C2)nc1. The molecule has 35 heavy (non-hydrogen) atoms. The molecule has 184 valence electrons. The minimum Gasteiger partial charge on any atom is -0.405 e. The molecule has 1 fully saturated rings. The van der Waals surface area contributed by atoms with Gasteiger partial charge in [0.1, 0.15) is 5.75 Å². The summed E-state index contributed by atoms with van der Waals surface area (Å²) in [6.45, 7) is 2.98. The van der Waals surface area contributed by atoms with E-state index in [2.05, 4.69) is 22.0 Å². The summed E-state index contributed by atoms with van der Waals surface area (Å²) in [6.07, 6.45) is -3.02. The molecule has 1 N–H and O–H groups in total. The van der Waals surface area contributed by atoms with Crippen LogP contribution in [0.5, 0.6) is 5.75 Å². The molecule has 1 saturated heterocycles. The van der Waals surface area contributed by atoms with Gasteiger partial charge in [-0.15, -0.1) is 24.9 Å². The quantitative estimate of drug-likeness (QED) is 0.393. The van der Waals surface area contributed by atoms with Gasteiger partial charge >= 0.3 is 12.4 Å². The molecule has 2 heterocycles. The first-order chi connectivity index (χ1) is 16.8. The number of carbonyl (C=O) groups is 1. The lowest BCUT2D eigenvalue weighted by atomic mass is 9.84. The third-order valence-electron chi connectivity index (χ3n) is 5.91. The summed E-state index contributed by atoms with van der Waals surface area (Å²) in [5.74, 6) is 0.184. The third-order valence-corrected chi connectivity index (χ3v) is 6.77. The van der Waals surface area contributed by atoms with E-state index in [1.165, 1.54) is 12.1 Å². The monoisotopic (exact) mass is 501 g/mol. The zero-order valence-corrected chi connectivity index (χ0v) is 20.0. The number of amides is 2. The van der Waals surface area contributed by atoms with Gasteiger partial charge in [0.05, 0.1) is 12.2 Å². The smallest absolute Gasteiger partial charge is 0.405 e. The van der Waals surface area contributed by atoms with E-state index in [1.54, 1.807) is 35.0 Å². The highest BCUT2D eigenvalue weighted by Gasteiger charge is 2.40. The van der Waals surface area contributed by atoms with Crippen molar-refractivity contribution in [2.24, 2.45) is 0 Å². The predicted molar refractivity (Wildman–Crippen MR) is 129 cm³/mol. The lowest BCUT2D eigenvalue weighted by molar-refractivity contribution is -0.275. The van der Waals surface area contributed by atoms with Gasteiger partial charge in [-0.3, -0.25) is 4.98 Å². The lowest BCUT2D eigenvalue weighted by Gasteiger charge is -2.22. The second-order valence-electron chi connectivity index (χ2n) is 8.19. The first kappa shape index (κ1) is 24.9. The molecule has 2 atom stereocenters. The molecule has 0 spiro atoms. The summed E-state index contributed by atoms with van der Waals surface area (Å²) in [7, 11) is 0. The predicted octanol–water partition coefficient (Wildman–Crippen LogP) is 6.19. The summed E-state index contributed by atoms with van der Waals surface area (Å²) in [5, 5.41) is 2.90. The Kier molecular flexibility index (Phi) is 7.85. The largest absolute Gasteiger partial charge is 0.573 e. The van der Waals surface area contributed by atoms with Crippen LogP contribution < -0.4 is 10.1 Å². The molecule has 9 heteroatoms. The minimum absolute atomic E-state index is 0.177. The molecule has 5 nitrogen and oxygen atoms in total. The van der Waals surface area contributed by atoms with Crippen molar-refractivity contribution in [3.63, 3.8) is 0 Å². The van der Waals surface area contributed by atoms with Crippen LogP contribution in [0.3, 0.4) is 0 Å². The van der Waals surface area contributed by atoms with Gasteiger partial charge in [0, 0.05) is 41.6 Å². The fourth-order valence-electron chi connectivity index (χ4n) is 4.37. The van der Waals surface area contributed by atoms with Crippen LogP contribution in [0.2, 0.25) is 0 Å². The summed E-state index contributed by atoms with van der Waals surface area (Å²) >= 11 is 1.69. The van der Waals surface area contributed by atoms with Crippen LogP contribution in [0.25, 0.3) is 0 Å². The molecule has 0 saturated carbocycles. The average Bonchev–Trinajstić information content (AvgIpc) is 3.29. The third kappa shape index (κ3) is 6.48. The number of rotatable bonds is 7. The van der Waals surface area contributed by atoms with Crippen LogP contribution in [-0.2, 0) is 6.54 Å². The number of alkyl halides is 3. The molecule has 0 bridgehead atoms. The molecule has 1 aromatic heterocycles. The van der Waals surface area contributed by atoms with Gasteiger partial charge in [-0.1, -0.05) is 55.5 Å². The number of hydrogen-bond donors (Lipinski definition) is 1. The summed E-state index contributed by atoms with van der Waals surface area (Å²) in [5.41, 5.74) is 2.12. The molecular formula is C26H26F3N3O2S. The topological polar surface area (TPSA) is 54.5 Å². The number of para-hydroxylation sites is 1. The Morgan fingerprint density at radius 1 is 1.06 bits per heavy atom. The van der Waals surface area contributed by atoms with Crippen LogP contribution in [0, 0.1) is 0 Å². The fourth-order valence-corrected chi connectivity index (χ4v) is 5.00. The van der Waals surface area contributed by atoms with Gasteiger partial charge < -0.3 is 15.0 Å². The number of aromatic nitrogens is 1. The van der Waals surface area contributed by atoms with E-state index in [0.717, 1.165) is 21.9 Å². The Balaban J connectivity index is 1.52. The van der Waals surface area contributed by atoms with Crippen molar-refractivity contribution in [1.82, 2.24) is 15.2 Å². The van der Waals surface area contributed by atoms with E-state index in [0.29, 0.717) is 12.1 Å². The van der Waals surface area contributed by atoms with Crippen molar-refractivity contribution in [2.75, 3.05) is 18.8 Å². The standard InChI is InChI=1S/C26H26F3N3O2S/c1-2-35-20-13-12-19(30-15-20)14-31-25(33)32-16-22(18-8-4-3-5-9-18)23(17-32)21-10-6-7-11-24(21)34-26(27,28)29/h3-13,15,22-23H,2,14,16-17H2,1H3,(H,31,33). The summed E-state index contributed by atoms with van der Waals surface area (Å²) < 4.78 is 43.5. The Morgan fingerprint density at radius 2 is 1.77 bits per heavy atom. The van der Waals surface area contributed by atoms with Crippen molar-refractivity contribution >= 4 is 17.8 Å². The van der Waals surface area contributed by atoms with Crippen LogP contribution >= 0.6 is 11.8 Å². The van der Waals surface area contributed by atoms with Gasteiger partial charge in [0.2, 0.25) is 0 Å². The summed E-state index contributed by atoms with van der Waals surface area (Å²) in [4.78, 5) is 20.1. The average molecular weight is 502 g/mol. The van der Waals surface area contributed by atoms with E-state index in [1.807, 2.05) is 42.5 Å². The minimum atomic E-state index is -4.80.